The van der Waals surface area contributed by atoms with Crippen LogP contribution < -0.4 is 10.2 Å². The summed E-state index contributed by atoms with van der Waals surface area (Å²) in [4.78, 5) is 12.2. The molecule has 1 heterocycles. The Balaban J connectivity index is 2.31. The fourth-order valence-corrected chi connectivity index (χ4v) is 2.16. The topological polar surface area (TPSA) is 48.7 Å². The summed E-state index contributed by atoms with van der Waals surface area (Å²) in [5.41, 5.74) is 0.814. The van der Waals surface area contributed by atoms with E-state index in [0.29, 0.717) is 24.5 Å². The summed E-state index contributed by atoms with van der Waals surface area (Å²) in [5.74, 6) is 1.25. The van der Waals surface area contributed by atoms with E-state index in [-0.39, 0.29) is 17.3 Å². The summed E-state index contributed by atoms with van der Waals surface area (Å²) in [5, 5.41) is 0. The van der Waals surface area contributed by atoms with Gasteiger partial charge in [0.1, 0.15) is 18.5 Å². The second-order valence-electron chi connectivity index (χ2n) is 4.82. The molecule has 0 N–H and O–H groups in total. The molecule has 112 valence electrons. The lowest BCUT2D eigenvalue weighted by Crippen LogP contribution is -2.14. The van der Waals surface area contributed by atoms with Crippen molar-refractivity contribution in [3.8, 4) is 5.75 Å². The third kappa shape index (κ3) is 3.73. The van der Waals surface area contributed by atoms with Gasteiger partial charge in [-0.15, -0.1) is 0 Å². The van der Waals surface area contributed by atoms with E-state index in [2.05, 4.69) is 0 Å². The zero-order chi connectivity index (χ0) is 15.2. The van der Waals surface area contributed by atoms with E-state index in [1.54, 1.807) is 14.0 Å². The lowest BCUT2D eigenvalue weighted by molar-refractivity contribution is 0.0728. The number of methoxy groups -OCH3 is 1. The second kappa shape index (κ2) is 7.09. The Kier molecular flexibility index (Phi) is 5.17. The van der Waals surface area contributed by atoms with E-state index in [1.165, 1.54) is 6.07 Å². The largest absolute Gasteiger partial charge is 0.482 e. The molecule has 0 aliphatic carbocycles. The van der Waals surface area contributed by atoms with Crippen LogP contribution in [0.3, 0.4) is 0 Å². The van der Waals surface area contributed by atoms with Gasteiger partial charge in [0.2, 0.25) is 11.2 Å². The molecule has 1 atom stereocenters. The molecule has 0 radical (unpaired) electrons. The Morgan fingerprint density at radius 3 is 2.57 bits per heavy atom. The maximum absolute atomic E-state index is 12.2. The fourth-order valence-electron chi connectivity index (χ4n) is 2.16. The number of benzene rings is 1. The first-order valence-electron chi connectivity index (χ1n) is 6.99. The average molecular weight is 288 g/mol. The Morgan fingerprint density at radius 2 is 1.95 bits per heavy atom. The Labute approximate surface area is 124 Å². The van der Waals surface area contributed by atoms with Crippen LogP contribution >= 0.6 is 0 Å². The first-order chi connectivity index (χ1) is 10.2. The van der Waals surface area contributed by atoms with Crippen molar-refractivity contribution in [3.63, 3.8) is 0 Å². The monoisotopic (exact) mass is 288 g/mol. The summed E-state index contributed by atoms with van der Waals surface area (Å²) in [6, 6.07) is 11.1. The quantitative estimate of drug-likeness (QED) is 0.814. The van der Waals surface area contributed by atoms with E-state index >= 15 is 0 Å². The van der Waals surface area contributed by atoms with Gasteiger partial charge in [-0.3, -0.25) is 4.79 Å². The van der Waals surface area contributed by atoms with Crippen LogP contribution in [0.5, 0.6) is 5.75 Å². The van der Waals surface area contributed by atoms with Crippen LogP contribution in [-0.4, -0.2) is 7.11 Å². The minimum absolute atomic E-state index is 0.180. The maximum atomic E-state index is 12.2. The predicted octanol–water partition coefficient (Wildman–Crippen LogP) is 3.62. The van der Waals surface area contributed by atoms with Crippen molar-refractivity contribution in [2.45, 2.75) is 33.0 Å². The third-order valence-corrected chi connectivity index (χ3v) is 3.23. The molecule has 4 heteroatoms. The van der Waals surface area contributed by atoms with Crippen LogP contribution in [0.25, 0.3) is 0 Å². The molecule has 1 aromatic heterocycles. The standard InChI is InChI=1S/C17H20O4/c1-4-15(19-3)17-16(14(18)10-12(2)21-17)20-11-13-8-6-5-7-9-13/h5-10,15H,4,11H2,1-3H3. The summed E-state index contributed by atoms with van der Waals surface area (Å²) >= 11 is 0. The predicted molar refractivity (Wildman–Crippen MR) is 80.5 cm³/mol. The zero-order valence-electron chi connectivity index (χ0n) is 12.6. The van der Waals surface area contributed by atoms with Gasteiger partial charge in [0.15, 0.2) is 5.76 Å². The van der Waals surface area contributed by atoms with Crippen molar-refractivity contribution in [2.75, 3.05) is 7.11 Å². The highest BCUT2D eigenvalue weighted by Gasteiger charge is 2.21. The molecule has 2 rings (SSSR count). The molecule has 0 aliphatic heterocycles. The molecular weight excluding hydrogens is 268 g/mol. The third-order valence-electron chi connectivity index (χ3n) is 3.23. The molecule has 21 heavy (non-hydrogen) atoms. The SMILES string of the molecule is CCC(OC)c1oc(C)cc(=O)c1OCc1ccccc1. The van der Waals surface area contributed by atoms with Crippen molar-refractivity contribution in [1.82, 2.24) is 0 Å². The highest BCUT2D eigenvalue weighted by molar-refractivity contribution is 5.29. The van der Waals surface area contributed by atoms with Gasteiger partial charge in [-0.1, -0.05) is 37.3 Å². The highest BCUT2D eigenvalue weighted by Crippen LogP contribution is 2.28. The minimum Gasteiger partial charge on any atom is -0.482 e. The molecule has 2 aromatic rings. The molecule has 0 saturated heterocycles. The Hall–Kier alpha value is -2.07. The first kappa shape index (κ1) is 15.3. The normalized spacial score (nSPS) is 12.1. The van der Waals surface area contributed by atoms with E-state index in [0.717, 1.165) is 5.56 Å². The summed E-state index contributed by atoms with van der Waals surface area (Å²) in [6.45, 7) is 4.04. The summed E-state index contributed by atoms with van der Waals surface area (Å²) < 4.78 is 16.8. The van der Waals surface area contributed by atoms with Crippen LogP contribution in [-0.2, 0) is 11.3 Å². The van der Waals surface area contributed by atoms with E-state index in [9.17, 15) is 4.79 Å². The van der Waals surface area contributed by atoms with Crippen LogP contribution in [0.1, 0.15) is 36.5 Å². The molecule has 1 aromatic carbocycles. The molecule has 4 nitrogen and oxygen atoms in total. The van der Waals surface area contributed by atoms with Crippen LogP contribution in [0.2, 0.25) is 0 Å². The second-order valence-corrected chi connectivity index (χ2v) is 4.82. The van der Waals surface area contributed by atoms with Crippen molar-refractivity contribution >= 4 is 0 Å². The highest BCUT2D eigenvalue weighted by atomic mass is 16.5. The fraction of sp³-hybridized carbons (Fsp3) is 0.353. The molecule has 0 fully saturated rings. The minimum atomic E-state index is -0.289. The maximum Gasteiger partial charge on any atom is 0.227 e. The lowest BCUT2D eigenvalue weighted by Gasteiger charge is -2.16. The van der Waals surface area contributed by atoms with Gasteiger partial charge in [-0.25, -0.2) is 0 Å². The molecule has 0 spiro atoms. The van der Waals surface area contributed by atoms with E-state index in [1.807, 2.05) is 37.3 Å². The molecule has 0 saturated carbocycles. The van der Waals surface area contributed by atoms with Crippen molar-refractivity contribution < 1.29 is 13.9 Å². The van der Waals surface area contributed by atoms with Crippen molar-refractivity contribution in [1.29, 1.82) is 0 Å². The van der Waals surface area contributed by atoms with Gasteiger partial charge >= 0.3 is 0 Å². The number of rotatable bonds is 6. The lowest BCUT2D eigenvalue weighted by atomic mass is 10.1. The smallest absolute Gasteiger partial charge is 0.227 e. The van der Waals surface area contributed by atoms with Gasteiger partial charge in [0, 0.05) is 13.2 Å². The number of hydrogen-bond acceptors (Lipinski definition) is 4. The zero-order valence-corrected chi connectivity index (χ0v) is 12.6. The number of aryl methyl sites for hydroxylation is 1. The molecular formula is C17H20O4. The van der Waals surface area contributed by atoms with Crippen molar-refractivity contribution in [3.05, 3.63) is 63.7 Å². The molecule has 1 unspecified atom stereocenters. The van der Waals surface area contributed by atoms with Gasteiger partial charge in [0.05, 0.1) is 0 Å². The van der Waals surface area contributed by atoms with E-state index in [4.69, 9.17) is 13.9 Å². The van der Waals surface area contributed by atoms with Crippen LogP contribution in [0.15, 0.2) is 45.6 Å². The summed E-state index contributed by atoms with van der Waals surface area (Å²) in [6.07, 6.45) is 0.410. The van der Waals surface area contributed by atoms with Gasteiger partial charge in [-0.05, 0) is 18.9 Å². The van der Waals surface area contributed by atoms with E-state index < -0.39 is 0 Å². The first-order valence-corrected chi connectivity index (χ1v) is 6.99. The number of hydrogen-bond donors (Lipinski definition) is 0. The average Bonchev–Trinajstić information content (AvgIpc) is 2.48. The molecule has 0 bridgehead atoms. The Morgan fingerprint density at radius 1 is 1.24 bits per heavy atom. The number of ether oxygens (including phenoxy) is 2. The van der Waals surface area contributed by atoms with Gasteiger partial charge in [0.25, 0.3) is 0 Å². The van der Waals surface area contributed by atoms with Crippen LogP contribution in [0, 0.1) is 6.92 Å². The van der Waals surface area contributed by atoms with Crippen molar-refractivity contribution in [2.24, 2.45) is 0 Å². The van der Waals surface area contributed by atoms with Gasteiger partial charge in [-0.2, -0.15) is 0 Å². The van der Waals surface area contributed by atoms with Crippen LogP contribution in [0.4, 0.5) is 0 Å². The van der Waals surface area contributed by atoms with Gasteiger partial charge < -0.3 is 13.9 Å². The molecule has 0 aliphatic rings. The Bertz CT molecular complexity index is 627. The summed E-state index contributed by atoms with van der Waals surface area (Å²) in [7, 11) is 1.59. The molecule has 0 amide bonds.